The molecule has 2 aromatic carbocycles. The Labute approximate surface area is 126 Å². The number of rotatable bonds is 7. The van der Waals surface area contributed by atoms with E-state index in [4.69, 9.17) is 15.2 Å². The number of benzene rings is 2. The molecule has 0 aliphatic heterocycles. The number of methoxy groups -OCH3 is 1. The third kappa shape index (κ3) is 4.23. The van der Waals surface area contributed by atoms with Crippen molar-refractivity contribution in [3.63, 3.8) is 0 Å². The van der Waals surface area contributed by atoms with E-state index in [0.29, 0.717) is 0 Å². The van der Waals surface area contributed by atoms with Gasteiger partial charge >= 0.3 is 0 Å². The molecule has 0 bridgehead atoms. The molecule has 3 heteroatoms. The molecule has 0 aliphatic rings. The molecule has 3 nitrogen and oxygen atoms in total. The third-order valence-electron chi connectivity index (χ3n) is 3.39. The SMILES string of the molecule is CCCOc1cccc(C(N)Cc2ccccc2OC)c1. The summed E-state index contributed by atoms with van der Waals surface area (Å²) in [5.74, 6) is 1.76. The number of hydrogen-bond acceptors (Lipinski definition) is 3. The molecule has 21 heavy (non-hydrogen) atoms. The Morgan fingerprint density at radius 2 is 1.90 bits per heavy atom. The first-order chi connectivity index (χ1) is 10.2. The maximum Gasteiger partial charge on any atom is 0.122 e. The van der Waals surface area contributed by atoms with E-state index in [0.717, 1.165) is 42.1 Å². The van der Waals surface area contributed by atoms with Gasteiger partial charge in [0.2, 0.25) is 0 Å². The number of ether oxygens (including phenoxy) is 2. The van der Waals surface area contributed by atoms with Gasteiger partial charge in [-0.3, -0.25) is 0 Å². The fraction of sp³-hybridized carbons (Fsp3) is 0.333. The van der Waals surface area contributed by atoms with Crippen LogP contribution in [0.5, 0.6) is 11.5 Å². The van der Waals surface area contributed by atoms with Crippen LogP contribution in [0.3, 0.4) is 0 Å². The minimum Gasteiger partial charge on any atom is -0.496 e. The first kappa shape index (κ1) is 15.4. The molecule has 0 spiro atoms. The van der Waals surface area contributed by atoms with Crippen LogP contribution < -0.4 is 15.2 Å². The molecular weight excluding hydrogens is 262 g/mol. The minimum absolute atomic E-state index is 0.0773. The van der Waals surface area contributed by atoms with Crippen molar-refractivity contribution in [2.24, 2.45) is 5.73 Å². The maximum atomic E-state index is 6.34. The van der Waals surface area contributed by atoms with E-state index in [2.05, 4.69) is 13.0 Å². The lowest BCUT2D eigenvalue weighted by Crippen LogP contribution is -2.14. The maximum absolute atomic E-state index is 6.34. The van der Waals surface area contributed by atoms with E-state index in [1.165, 1.54) is 0 Å². The Kier molecular flexibility index (Phi) is 5.64. The lowest BCUT2D eigenvalue weighted by molar-refractivity contribution is 0.317. The van der Waals surface area contributed by atoms with Crippen LogP contribution in [0.1, 0.15) is 30.5 Å². The monoisotopic (exact) mass is 285 g/mol. The fourth-order valence-corrected chi connectivity index (χ4v) is 2.28. The smallest absolute Gasteiger partial charge is 0.122 e. The third-order valence-corrected chi connectivity index (χ3v) is 3.39. The Morgan fingerprint density at radius 1 is 1.10 bits per heavy atom. The summed E-state index contributed by atoms with van der Waals surface area (Å²) in [6, 6.07) is 15.9. The number of hydrogen-bond donors (Lipinski definition) is 1. The van der Waals surface area contributed by atoms with Crippen molar-refractivity contribution in [2.45, 2.75) is 25.8 Å². The predicted molar refractivity (Wildman–Crippen MR) is 85.9 cm³/mol. The second-order valence-electron chi connectivity index (χ2n) is 5.04. The molecule has 0 fully saturated rings. The highest BCUT2D eigenvalue weighted by atomic mass is 16.5. The van der Waals surface area contributed by atoms with E-state index in [1.807, 2.05) is 42.5 Å². The Morgan fingerprint density at radius 3 is 2.67 bits per heavy atom. The van der Waals surface area contributed by atoms with Crippen LogP contribution in [-0.4, -0.2) is 13.7 Å². The van der Waals surface area contributed by atoms with Crippen LogP contribution in [0, 0.1) is 0 Å². The molecule has 1 unspecified atom stereocenters. The van der Waals surface area contributed by atoms with Crippen LogP contribution in [0.4, 0.5) is 0 Å². The van der Waals surface area contributed by atoms with Gasteiger partial charge < -0.3 is 15.2 Å². The molecule has 0 saturated heterocycles. The summed E-state index contributed by atoms with van der Waals surface area (Å²) in [6.07, 6.45) is 1.73. The Bertz CT molecular complexity index is 569. The molecule has 0 aliphatic carbocycles. The predicted octanol–water partition coefficient (Wildman–Crippen LogP) is 3.73. The topological polar surface area (TPSA) is 44.5 Å². The van der Waals surface area contributed by atoms with Gasteiger partial charge in [0.05, 0.1) is 13.7 Å². The molecule has 2 rings (SSSR count). The lowest BCUT2D eigenvalue weighted by atomic mass is 9.99. The van der Waals surface area contributed by atoms with Crippen LogP contribution in [0.2, 0.25) is 0 Å². The normalized spacial score (nSPS) is 12.0. The molecule has 2 N–H and O–H groups in total. The molecule has 1 atom stereocenters. The first-order valence-electron chi connectivity index (χ1n) is 7.34. The molecule has 0 saturated carbocycles. The van der Waals surface area contributed by atoms with Crippen LogP contribution in [0.15, 0.2) is 48.5 Å². The highest BCUT2D eigenvalue weighted by molar-refractivity contribution is 5.36. The standard InChI is InChI=1S/C18H23NO2/c1-3-11-21-16-9-6-8-14(12-16)17(19)13-15-7-4-5-10-18(15)20-2/h4-10,12,17H,3,11,13,19H2,1-2H3. The van der Waals surface area contributed by atoms with Gasteiger partial charge in [-0.1, -0.05) is 37.3 Å². The molecule has 0 amide bonds. The van der Waals surface area contributed by atoms with Crippen molar-refractivity contribution >= 4 is 0 Å². The minimum atomic E-state index is -0.0773. The van der Waals surface area contributed by atoms with Crippen LogP contribution >= 0.6 is 0 Å². The molecule has 0 heterocycles. The Balaban J connectivity index is 2.10. The van der Waals surface area contributed by atoms with E-state index in [1.54, 1.807) is 7.11 Å². The van der Waals surface area contributed by atoms with Gasteiger partial charge in [0.25, 0.3) is 0 Å². The average molecular weight is 285 g/mol. The van der Waals surface area contributed by atoms with E-state index in [9.17, 15) is 0 Å². The average Bonchev–Trinajstić information content (AvgIpc) is 2.53. The summed E-state index contributed by atoms with van der Waals surface area (Å²) in [6.45, 7) is 2.82. The summed E-state index contributed by atoms with van der Waals surface area (Å²) in [4.78, 5) is 0. The van der Waals surface area contributed by atoms with E-state index in [-0.39, 0.29) is 6.04 Å². The highest BCUT2D eigenvalue weighted by Gasteiger charge is 2.11. The number of nitrogens with two attached hydrogens (primary N) is 1. The zero-order valence-electron chi connectivity index (χ0n) is 12.7. The quantitative estimate of drug-likeness (QED) is 0.843. The molecular formula is C18H23NO2. The summed E-state index contributed by atoms with van der Waals surface area (Å²) >= 11 is 0. The second kappa shape index (κ2) is 7.70. The van der Waals surface area contributed by atoms with Crippen molar-refractivity contribution in [1.29, 1.82) is 0 Å². The van der Waals surface area contributed by atoms with E-state index < -0.39 is 0 Å². The van der Waals surface area contributed by atoms with Crippen molar-refractivity contribution in [2.75, 3.05) is 13.7 Å². The van der Waals surface area contributed by atoms with E-state index >= 15 is 0 Å². The highest BCUT2D eigenvalue weighted by Crippen LogP contribution is 2.25. The van der Waals surface area contributed by atoms with Crippen LogP contribution in [0.25, 0.3) is 0 Å². The van der Waals surface area contributed by atoms with Gasteiger partial charge in [-0.15, -0.1) is 0 Å². The first-order valence-corrected chi connectivity index (χ1v) is 7.34. The zero-order chi connectivity index (χ0) is 15.1. The summed E-state index contributed by atoms with van der Waals surface area (Å²) < 4.78 is 11.0. The van der Waals surface area contributed by atoms with Crippen molar-refractivity contribution in [3.8, 4) is 11.5 Å². The molecule has 0 aromatic heterocycles. The summed E-state index contributed by atoms with van der Waals surface area (Å²) in [7, 11) is 1.68. The van der Waals surface area contributed by atoms with Gasteiger partial charge in [-0.2, -0.15) is 0 Å². The summed E-state index contributed by atoms with van der Waals surface area (Å²) in [5, 5.41) is 0. The van der Waals surface area contributed by atoms with Gasteiger partial charge in [-0.25, -0.2) is 0 Å². The van der Waals surface area contributed by atoms with Crippen molar-refractivity contribution in [3.05, 3.63) is 59.7 Å². The zero-order valence-corrected chi connectivity index (χ0v) is 12.7. The largest absolute Gasteiger partial charge is 0.496 e. The molecule has 0 radical (unpaired) electrons. The lowest BCUT2D eigenvalue weighted by Gasteiger charge is -2.15. The second-order valence-corrected chi connectivity index (χ2v) is 5.04. The molecule has 2 aromatic rings. The summed E-state index contributed by atoms with van der Waals surface area (Å²) in [5.41, 5.74) is 8.53. The Hall–Kier alpha value is -2.00. The number of para-hydroxylation sites is 1. The van der Waals surface area contributed by atoms with Crippen molar-refractivity contribution < 1.29 is 9.47 Å². The fourth-order valence-electron chi connectivity index (χ4n) is 2.28. The van der Waals surface area contributed by atoms with Crippen LogP contribution in [-0.2, 0) is 6.42 Å². The van der Waals surface area contributed by atoms with Crippen molar-refractivity contribution in [1.82, 2.24) is 0 Å². The van der Waals surface area contributed by atoms with Gasteiger partial charge in [0.15, 0.2) is 0 Å². The van der Waals surface area contributed by atoms with Gasteiger partial charge in [0.1, 0.15) is 11.5 Å². The molecule has 112 valence electrons. The van der Waals surface area contributed by atoms with Gasteiger partial charge in [0, 0.05) is 6.04 Å². The van der Waals surface area contributed by atoms with Gasteiger partial charge in [-0.05, 0) is 42.2 Å².